The minimum Gasteiger partial charge on any atom is -0.493 e. The average Bonchev–Trinajstić information content (AvgIpc) is 2.63. The van der Waals surface area contributed by atoms with Gasteiger partial charge in [-0.3, -0.25) is 0 Å². The Bertz CT molecular complexity index is 544. The summed E-state index contributed by atoms with van der Waals surface area (Å²) in [7, 11) is 0. The number of hydrogen-bond acceptors (Lipinski definition) is 2. The van der Waals surface area contributed by atoms with Gasteiger partial charge in [0.15, 0.2) is 0 Å². The first kappa shape index (κ1) is 21.0. The van der Waals surface area contributed by atoms with Crippen LogP contribution in [0.4, 0.5) is 0 Å². The fraction of sp³-hybridized carbons (Fsp3) is 0.619. The molecule has 1 aromatic rings. The summed E-state index contributed by atoms with van der Waals surface area (Å²) in [5.41, 5.74) is 2.21. The highest BCUT2D eigenvalue weighted by molar-refractivity contribution is 9.09. The molecule has 0 saturated carbocycles. The molecule has 1 aromatic carbocycles. The van der Waals surface area contributed by atoms with E-state index < -0.39 is 0 Å². The van der Waals surface area contributed by atoms with Crippen LogP contribution in [0.25, 0.3) is 5.76 Å². The maximum absolute atomic E-state index is 6.33. The van der Waals surface area contributed by atoms with Gasteiger partial charge in [0.05, 0.1) is 12.2 Å². The van der Waals surface area contributed by atoms with Gasteiger partial charge in [0.1, 0.15) is 5.76 Å². The molecule has 1 aliphatic carbocycles. The van der Waals surface area contributed by atoms with Crippen LogP contribution in [0.15, 0.2) is 30.3 Å². The van der Waals surface area contributed by atoms with Crippen LogP contribution in [0.2, 0.25) is 0 Å². The Hall–Kier alpha value is -0.320. The molecule has 1 atom stereocenters. The van der Waals surface area contributed by atoms with Gasteiger partial charge in [-0.2, -0.15) is 0 Å². The lowest BCUT2D eigenvalue weighted by Gasteiger charge is -2.35. The number of fused-ring (bicyclic) bond motifs is 1. The zero-order valence-electron chi connectivity index (χ0n) is 15.2. The second-order valence-electron chi connectivity index (χ2n) is 6.75. The number of hydrogen-bond donors (Lipinski definition) is 0. The van der Waals surface area contributed by atoms with Crippen LogP contribution in [-0.2, 0) is 15.1 Å². The first-order valence-electron chi connectivity index (χ1n) is 9.40. The highest BCUT2D eigenvalue weighted by atomic mass is 79.9. The molecular formula is C21H30Br2O2. The monoisotopic (exact) mass is 472 g/mol. The summed E-state index contributed by atoms with van der Waals surface area (Å²) in [6.07, 6.45) is 10.1. The van der Waals surface area contributed by atoms with Crippen molar-refractivity contribution in [1.82, 2.24) is 0 Å². The quantitative estimate of drug-likeness (QED) is 0.245. The van der Waals surface area contributed by atoms with Crippen molar-refractivity contribution in [3.05, 3.63) is 41.5 Å². The predicted molar refractivity (Wildman–Crippen MR) is 114 cm³/mol. The second kappa shape index (κ2) is 11.4. The Morgan fingerprint density at radius 1 is 0.920 bits per heavy atom. The van der Waals surface area contributed by atoms with Crippen molar-refractivity contribution in [3.63, 3.8) is 0 Å². The minimum atomic E-state index is -0.242. The van der Waals surface area contributed by atoms with Gasteiger partial charge in [0, 0.05) is 29.3 Å². The molecule has 2 rings (SSSR count). The van der Waals surface area contributed by atoms with Crippen molar-refractivity contribution in [1.29, 1.82) is 0 Å². The largest absolute Gasteiger partial charge is 0.493 e. The molecule has 0 aromatic heterocycles. The Morgan fingerprint density at radius 3 is 2.32 bits per heavy atom. The van der Waals surface area contributed by atoms with E-state index in [-0.39, 0.29) is 5.60 Å². The van der Waals surface area contributed by atoms with Crippen LogP contribution in [-0.4, -0.2) is 23.9 Å². The number of ether oxygens (including phenoxy) is 2. The summed E-state index contributed by atoms with van der Waals surface area (Å²) in [5.74, 6) is 1.02. The zero-order valence-corrected chi connectivity index (χ0v) is 18.4. The van der Waals surface area contributed by atoms with E-state index in [4.69, 9.17) is 9.47 Å². The van der Waals surface area contributed by atoms with E-state index in [9.17, 15) is 0 Å². The summed E-state index contributed by atoms with van der Waals surface area (Å²) in [4.78, 5) is 0. The lowest BCUT2D eigenvalue weighted by molar-refractivity contribution is -0.0377. The highest BCUT2D eigenvalue weighted by Crippen LogP contribution is 2.40. The first-order chi connectivity index (χ1) is 12.2. The molecule has 2 nitrogen and oxygen atoms in total. The normalized spacial score (nSPS) is 19.4. The third-order valence-electron chi connectivity index (χ3n) is 4.67. The molecule has 1 aliphatic rings. The van der Waals surface area contributed by atoms with Crippen molar-refractivity contribution >= 4 is 37.6 Å². The third-order valence-corrected chi connectivity index (χ3v) is 5.79. The van der Waals surface area contributed by atoms with E-state index >= 15 is 0 Å². The van der Waals surface area contributed by atoms with Crippen LogP contribution in [0, 0.1) is 0 Å². The van der Waals surface area contributed by atoms with Crippen molar-refractivity contribution in [2.75, 3.05) is 23.9 Å². The van der Waals surface area contributed by atoms with E-state index in [0.717, 1.165) is 48.9 Å². The lowest BCUT2D eigenvalue weighted by atomic mass is 9.83. The van der Waals surface area contributed by atoms with Crippen LogP contribution < -0.4 is 0 Å². The molecule has 0 aliphatic heterocycles. The summed E-state index contributed by atoms with van der Waals surface area (Å²) in [6, 6.07) is 8.53. The minimum absolute atomic E-state index is 0.242. The smallest absolute Gasteiger partial charge is 0.123 e. The van der Waals surface area contributed by atoms with Crippen LogP contribution in [0.3, 0.4) is 0 Å². The Labute approximate surface area is 169 Å². The van der Waals surface area contributed by atoms with Gasteiger partial charge in [-0.1, -0.05) is 62.5 Å². The Balaban J connectivity index is 1.95. The van der Waals surface area contributed by atoms with Gasteiger partial charge in [-0.05, 0) is 50.7 Å². The van der Waals surface area contributed by atoms with Gasteiger partial charge < -0.3 is 9.47 Å². The van der Waals surface area contributed by atoms with E-state index in [0.29, 0.717) is 0 Å². The fourth-order valence-corrected chi connectivity index (χ4v) is 3.96. The summed E-state index contributed by atoms with van der Waals surface area (Å²) >= 11 is 6.96. The molecular weight excluding hydrogens is 444 g/mol. The molecule has 0 fully saturated rings. The first-order valence-corrected chi connectivity index (χ1v) is 11.6. The number of alkyl halides is 2. The Morgan fingerprint density at radius 2 is 1.60 bits per heavy atom. The summed E-state index contributed by atoms with van der Waals surface area (Å²) < 4.78 is 12.4. The number of benzene rings is 1. The molecule has 25 heavy (non-hydrogen) atoms. The van der Waals surface area contributed by atoms with E-state index in [2.05, 4.69) is 69.1 Å². The standard InChI is InChI=1S/C21H30Br2O2/c1-21(25-17-9-3-7-15-23)13-12-20(24-16-8-2-6-14-22)18-10-4-5-11-19(18)21/h4-5,10-12H,2-3,6-9,13-17H2,1H3. The number of rotatable bonds is 12. The molecule has 0 bridgehead atoms. The number of unbranched alkanes of at least 4 members (excludes halogenated alkanes) is 4. The molecule has 140 valence electrons. The summed E-state index contributed by atoms with van der Waals surface area (Å²) in [5, 5.41) is 2.15. The van der Waals surface area contributed by atoms with Gasteiger partial charge >= 0.3 is 0 Å². The molecule has 0 amide bonds. The van der Waals surface area contributed by atoms with Crippen molar-refractivity contribution in [2.45, 2.75) is 57.5 Å². The van der Waals surface area contributed by atoms with Crippen molar-refractivity contribution < 1.29 is 9.47 Å². The zero-order chi connectivity index (χ0) is 18.0. The number of halogens is 2. The maximum atomic E-state index is 6.33. The highest BCUT2D eigenvalue weighted by Gasteiger charge is 2.33. The third kappa shape index (κ3) is 6.41. The molecule has 0 spiro atoms. The van der Waals surface area contributed by atoms with E-state index in [1.807, 2.05) is 0 Å². The van der Waals surface area contributed by atoms with Crippen LogP contribution in [0.1, 0.15) is 63.0 Å². The second-order valence-corrected chi connectivity index (χ2v) is 8.33. The predicted octanol–water partition coefficient (Wildman–Crippen LogP) is 6.81. The molecule has 0 N–H and O–H groups in total. The summed E-state index contributed by atoms with van der Waals surface area (Å²) in [6.45, 7) is 3.81. The van der Waals surface area contributed by atoms with Gasteiger partial charge in [-0.15, -0.1) is 0 Å². The van der Waals surface area contributed by atoms with Crippen molar-refractivity contribution in [2.24, 2.45) is 0 Å². The van der Waals surface area contributed by atoms with Crippen LogP contribution in [0.5, 0.6) is 0 Å². The molecule has 1 unspecified atom stereocenters. The molecule has 0 heterocycles. The molecule has 0 radical (unpaired) electrons. The van der Waals surface area contributed by atoms with E-state index in [1.165, 1.54) is 36.8 Å². The van der Waals surface area contributed by atoms with Gasteiger partial charge in [0.2, 0.25) is 0 Å². The molecule has 4 heteroatoms. The lowest BCUT2D eigenvalue weighted by Crippen LogP contribution is -2.30. The average molecular weight is 474 g/mol. The van der Waals surface area contributed by atoms with Crippen LogP contribution >= 0.6 is 31.9 Å². The van der Waals surface area contributed by atoms with Gasteiger partial charge in [-0.25, -0.2) is 0 Å². The fourth-order valence-electron chi connectivity index (χ4n) is 3.17. The topological polar surface area (TPSA) is 18.5 Å². The Kier molecular flexibility index (Phi) is 9.57. The SMILES string of the molecule is CC1(OCCCCCBr)CC=C(OCCCCCBr)c2ccccc21. The van der Waals surface area contributed by atoms with Crippen molar-refractivity contribution in [3.8, 4) is 0 Å². The van der Waals surface area contributed by atoms with E-state index in [1.54, 1.807) is 0 Å². The maximum Gasteiger partial charge on any atom is 0.123 e. The molecule has 0 saturated heterocycles. The van der Waals surface area contributed by atoms with Gasteiger partial charge in [0.25, 0.3) is 0 Å².